The Balaban J connectivity index is 0.000000138. The zero-order valence-electron chi connectivity index (χ0n) is 71.6. The van der Waals surface area contributed by atoms with Crippen LogP contribution >= 0.6 is 11.6 Å². The van der Waals surface area contributed by atoms with Crippen molar-refractivity contribution in [1.29, 1.82) is 0 Å². The van der Waals surface area contributed by atoms with E-state index in [9.17, 15) is 69.2 Å². The first-order valence-corrected chi connectivity index (χ1v) is 50.6. The molecule has 35 heteroatoms. The van der Waals surface area contributed by atoms with Gasteiger partial charge in [-0.25, -0.2) is 94.3 Å². The average molecular weight is 1960 g/mol. The van der Waals surface area contributed by atoms with Crippen molar-refractivity contribution in [3.05, 3.63) is 422 Å². The van der Waals surface area contributed by atoms with Gasteiger partial charge in [0.2, 0.25) is 55.9 Å². The molecule has 0 spiro atoms. The molecule has 690 valence electrons. The Morgan fingerprint density at radius 1 is 0.331 bits per heavy atom. The van der Waals surface area contributed by atoms with Crippen molar-refractivity contribution >= 4 is 71.6 Å². The Bertz CT molecular complexity index is 7630. The van der Waals surface area contributed by atoms with E-state index in [1.807, 2.05) is 152 Å². The molecule has 0 saturated carbocycles. The van der Waals surface area contributed by atoms with Crippen molar-refractivity contribution in [3.63, 3.8) is 0 Å². The molecule has 0 fully saturated rings. The van der Waals surface area contributed by atoms with Crippen LogP contribution in [0.15, 0.2) is 442 Å². The van der Waals surface area contributed by atoms with Gasteiger partial charge in [-0.3, -0.25) is 4.98 Å². The summed E-state index contributed by atoms with van der Waals surface area (Å²) in [6, 6.07) is 112. The first kappa shape index (κ1) is 98.8. The van der Waals surface area contributed by atoms with Gasteiger partial charge in [-0.2, -0.15) is 0 Å². The molecule has 0 amide bonds. The minimum atomic E-state index is -3.86. The zero-order valence-corrected chi connectivity index (χ0v) is 77.2. The summed E-state index contributed by atoms with van der Waals surface area (Å²) in [5, 5.41) is 43.3. The highest BCUT2D eigenvalue weighted by atomic mass is 35.5. The highest BCUT2D eigenvalue weighted by Gasteiger charge is 2.27. The lowest BCUT2D eigenvalue weighted by Crippen LogP contribution is -2.13. The number of nitrogens with two attached hydrogens (primary N) is 5. The monoisotopic (exact) mass is 1960 g/mol. The van der Waals surface area contributed by atoms with Gasteiger partial charge in [-0.1, -0.05) is 301 Å². The third-order valence-electron chi connectivity index (χ3n) is 20.6. The molecule has 0 aliphatic rings. The molecular weight excluding hydrogens is 1880 g/mol. The van der Waals surface area contributed by atoms with E-state index in [-0.39, 0.29) is 42.3 Å². The molecule has 18 aromatic rings. The summed E-state index contributed by atoms with van der Waals surface area (Å²) >= 11 is 5.85. The highest BCUT2D eigenvalue weighted by Crippen LogP contribution is 2.42. The topological polar surface area (TPSA) is 455 Å². The summed E-state index contributed by atoms with van der Waals surface area (Å²) in [7, 11) is -21.9. The van der Waals surface area contributed by atoms with E-state index in [0.717, 1.165) is 72.5 Å². The fourth-order valence-electron chi connectivity index (χ4n) is 14.0. The Labute approximate surface area is 788 Å². The van der Waals surface area contributed by atoms with E-state index in [2.05, 4.69) is 57.8 Å². The van der Waals surface area contributed by atoms with Crippen LogP contribution in [-0.2, 0) is 66.6 Å². The van der Waals surface area contributed by atoms with Gasteiger partial charge in [-0.05, 0) is 164 Å². The van der Waals surface area contributed by atoms with Crippen molar-refractivity contribution in [2.24, 2.45) is 25.7 Å². The van der Waals surface area contributed by atoms with E-state index >= 15 is 0 Å². The van der Waals surface area contributed by atoms with Gasteiger partial charge in [0.25, 0.3) is 6.43 Å². The second kappa shape index (κ2) is 43.5. The van der Waals surface area contributed by atoms with Crippen molar-refractivity contribution < 1.29 is 77.9 Å². The maximum absolute atomic E-state index is 13.3. The van der Waals surface area contributed by atoms with Crippen LogP contribution in [0, 0.1) is 0 Å². The Morgan fingerprint density at radius 2 is 0.618 bits per heavy atom. The van der Waals surface area contributed by atoms with Gasteiger partial charge in [0.1, 0.15) is 24.3 Å². The van der Waals surface area contributed by atoms with Gasteiger partial charge in [0.15, 0.2) is 15.6 Å². The standard InChI is InChI=1S/C19H16O2S.C18H15NO2S.C17H14N2O2S.C16H12F2N2O3S.C16H14N2O4S.C15H11ClN2O4S/c1-22(20,21)17-13-11-16(12-14-17)19-10-6-5-9-18(19)15-7-3-2-4-8-15;19-22(20,21)16-12-10-15(11-13-16)18-9-5-4-8-17(18)14-6-2-1-3-7-14;18-22(20,21)15-10-8-13(9-11-15)16-7-4-12-19-17(16)14-5-2-1-3-6-14;17-16(18)15-13(10-6-8-12(9-7-10)24(19,21)22)14(20-23-15)11-4-2-1-3-5-11;17-23(20,21)13-8-6-11(7-9-13)15-14(10-19)22-18-16(15)12-4-2-1-3-5-12;16-11-3-5-12(6-4-11)18-14(9-22-15(18)19)10-1-7-13(8-2-10)23(17,20)21/h2-14H,1H3;1-13H,(H2,19,20,21);1-12H,(H2,18,20,21);1-9,16H,(H2,19,21,22);1-9,19H,10H2,(H2,17,20,21);1-9H,(H2,17,20,21). The van der Waals surface area contributed by atoms with E-state index < -0.39 is 77.9 Å². The van der Waals surface area contributed by atoms with Crippen LogP contribution < -0.4 is 31.5 Å². The van der Waals surface area contributed by atoms with Gasteiger partial charge >= 0.3 is 5.76 Å². The summed E-state index contributed by atoms with van der Waals surface area (Å²) in [6.07, 6.45) is 1.41. The number of nitrogens with zero attached hydrogens (tertiary/aromatic N) is 4. The Morgan fingerprint density at radius 3 is 0.963 bits per heavy atom. The van der Waals surface area contributed by atoms with Crippen molar-refractivity contribution in [3.8, 4) is 129 Å². The molecule has 0 atom stereocenters. The number of alkyl halides is 2. The average Bonchev–Trinajstić information content (AvgIpc) is 1.66. The lowest BCUT2D eigenvalue weighted by molar-refractivity contribution is 0.113. The molecule has 4 aromatic heterocycles. The molecule has 0 bridgehead atoms. The van der Waals surface area contributed by atoms with Gasteiger partial charge in [0, 0.05) is 45.3 Å². The number of hydrogen-bond acceptors (Lipinski definition) is 20. The molecule has 14 aromatic carbocycles. The second-order valence-corrected chi connectivity index (χ2v) is 40.0. The molecule has 0 radical (unpaired) electrons. The minimum absolute atomic E-state index is 0.00913. The predicted octanol–water partition coefficient (Wildman–Crippen LogP) is 19.3. The molecule has 26 nitrogen and oxygen atoms in total. The van der Waals surface area contributed by atoms with Crippen LogP contribution in [0.25, 0.3) is 129 Å². The Kier molecular flexibility index (Phi) is 31.6. The maximum Gasteiger partial charge on any atom is 0.424 e. The van der Waals surface area contributed by atoms with E-state index in [1.54, 1.807) is 121 Å². The third-order valence-corrected chi connectivity index (χ3v) is 26.6. The van der Waals surface area contributed by atoms with Gasteiger partial charge in [-0.15, -0.1) is 0 Å². The summed E-state index contributed by atoms with van der Waals surface area (Å²) in [6.45, 7) is -0.313. The first-order chi connectivity index (χ1) is 64.9. The smallest absolute Gasteiger partial charge is 0.415 e. The quantitative estimate of drug-likeness (QED) is 0.0413. The van der Waals surface area contributed by atoms with E-state index in [0.29, 0.717) is 60.6 Å². The van der Waals surface area contributed by atoms with E-state index in [1.165, 1.54) is 89.9 Å². The lowest BCUT2D eigenvalue weighted by atomic mass is 9.95. The number of oxazole rings is 1. The van der Waals surface area contributed by atoms with Crippen LogP contribution in [-0.4, -0.2) is 81.7 Å². The fraction of sp³-hybridized carbons (Fsp3) is 0.0297. The molecule has 11 N–H and O–H groups in total. The first-order valence-electron chi connectivity index (χ1n) is 40.6. The van der Waals surface area contributed by atoms with Crippen LogP contribution in [0.4, 0.5) is 8.78 Å². The van der Waals surface area contributed by atoms with Crippen molar-refractivity contribution in [2.45, 2.75) is 42.4 Å². The molecule has 18 rings (SSSR count). The third kappa shape index (κ3) is 25.2. The van der Waals surface area contributed by atoms with Crippen LogP contribution in [0.5, 0.6) is 0 Å². The summed E-state index contributed by atoms with van der Waals surface area (Å²) in [5.74, 6) is -0.817. The number of halogens is 3. The molecule has 0 aliphatic heterocycles. The molecule has 0 unspecified atom stereocenters. The van der Waals surface area contributed by atoms with Crippen molar-refractivity contribution in [2.75, 3.05) is 6.26 Å². The number of sulfone groups is 1. The molecule has 136 heavy (non-hydrogen) atoms. The molecule has 0 saturated heterocycles. The highest BCUT2D eigenvalue weighted by molar-refractivity contribution is 7.91. The molecular formula is C101H82ClF2N9O17S6. The SMILES string of the molecule is CS(=O)(=O)c1ccc(-c2ccccc2-c2ccccc2)cc1.NS(=O)(=O)c1ccc(-c2c(-c3ccccc3)noc2C(F)F)cc1.NS(=O)(=O)c1ccc(-c2c(-c3ccccc3)noc2CO)cc1.NS(=O)(=O)c1ccc(-c2ccccc2-c2ccccc2)cc1.NS(=O)(=O)c1ccc(-c2cccnc2-c2ccccc2)cc1.NS(=O)(=O)c1ccc(-c2coc(=O)n2-c2ccc(Cl)cc2)cc1. The number of primary sulfonamides is 5. The summed E-state index contributed by atoms with van der Waals surface area (Å²) in [5.41, 5.74) is 18.0. The summed E-state index contributed by atoms with van der Waals surface area (Å²) in [4.78, 5) is 16.9. The van der Waals surface area contributed by atoms with Crippen LogP contribution in [0.1, 0.15) is 17.9 Å². The second-order valence-electron chi connectivity index (χ2n) is 29.7. The Hall–Kier alpha value is -14.7. The number of aromatic nitrogens is 4. The van der Waals surface area contributed by atoms with E-state index in [4.69, 9.17) is 50.8 Å². The summed E-state index contributed by atoms with van der Waals surface area (Å²) < 4.78 is 179. The zero-order chi connectivity index (χ0) is 97.1. The number of hydrogen-bond donors (Lipinski definition) is 6. The van der Waals surface area contributed by atoms with Crippen LogP contribution in [0.2, 0.25) is 5.02 Å². The number of rotatable bonds is 20. The lowest BCUT2D eigenvalue weighted by Gasteiger charge is -2.10. The van der Waals surface area contributed by atoms with Gasteiger partial charge < -0.3 is 18.6 Å². The number of benzene rings is 14. The van der Waals surface area contributed by atoms with Gasteiger partial charge in [0.05, 0.1) is 57.6 Å². The molecule has 4 heterocycles. The fourth-order valence-corrected chi connectivity index (χ4v) is 17.4. The number of aliphatic hydroxyl groups is 1. The maximum atomic E-state index is 13.3. The predicted molar refractivity (Wildman–Crippen MR) is 520 cm³/mol. The number of aliphatic hydroxyl groups excluding tert-OH is 1. The largest absolute Gasteiger partial charge is 0.424 e. The normalized spacial score (nSPS) is 11.5. The van der Waals surface area contributed by atoms with Crippen molar-refractivity contribution in [1.82, 2.24) is 19.9 Å². The van der Waals surface area contributed by atoms with Crippen LogP contribution in [0.3, 0.4) is 0 Å². The number of pyridine rings is 1. The minimum Gasteiger partial charge on any atom is -0.415 e. The number of sulfonamides is 5. The molecule has 0 aliphatic carbocycles.